The molecule has 0 aromatic heterocycles. The predicted molar refractivity (Wildman–Crippen MR) is 138 cm³/mol. The van der Waals surface area contributed by atoms with E-state index >= 15 is 0 Å². The molecular weight excluding hydrogens is 531 g/mol. The van der Waals surface area contributed by atoms with E-state index in [9.17, 15) is 24.8 Å². The largest absolute Gasteiger partial charge is 0.465 e. The number of hydrogen-bond donors (Lipinski definition) is 6. The molecule has 2 unspecified atom stereocenters. The Morgan fingerprint density at radius 3 is 2.79 bits per heavy atom. The van der Waals surface area contributed by atoms with Gasteiger partial charge in [0.1, 0.15) is 54.5 Å². The lowest BCUT2D eigenvalue weighted by Gasteiger charge is -2.28. The van der Waals surface area contributed by atoms with Gasteiger partial charge in [-0.15, -0.1) is 0 Å². The van der Waals surface area contributed by atoms with Gasteiger partial charge < -0.3 is 35.3 Å². The van der Waals surface area contributed by atoms with Crippen molar-refractivity contribution in [2.45, 2.75) is 55.8 Å². The highest BCUT2D eigenvalue weighted by molar-refractivity contribution is 7.52. The van der Waals surface area contributed by atoms with Crippen molar-refractivity contribution in [2.75, 3.05) is 13.2 Å². The number of carbonyl (C=O) groups is 1. The van der Waals surface area contributed by atoms with Crippen molar-refractivity contribution >= 4 is 25.9 Å². The molecule has 3 aliphatic rings. The SMILES string of the molecule is CCOC(=O)[C@H](C)NP(=O)(OC[C@@]1(C#N)O[C@@]2(C3CC=C(C(N)=NC=N)N[C@H]32)[C@H](O)[C@@H]1O)Oc1ccccc1. The van der Waals surface area contributed by atoms with Crippen LogP contribution in [0.25, 0.3) is 0 Å². The van der Waals surface area contributed by atoms with Crippen LogP contribution >= 0.6 is 7.75 Å². The molecule has 0 radical (unpaired) electrons. The fourth-order valence-corrected chi connectivity index (χ4v) is 6.46. The predicted octanol–water partition coefficient (Wildman–Crippen LogP) is 0.324. The van der Waals surface area contributed by atoms with Crippen molar-refractivity contribution in [2.24, 2.45) is 16.6 Å². The zero-order valence-electron chi connectivity index (χ0n) is 21.3. The van der Waals surface area contributed by atoms with Gasteiger partial charge in [0.05, 0.1) is 18.3 Å². The van der Waals surface area contributed by atoms with Crippen LogP contribution in [0.4, 0.5) is 0 Å². The average Bonchev–Trinajstić information content (AvgIpc) is 3.50. The summed E-state index contributed by atoms with van der Waals surface area (Å²) in [5, 5.41) is 44.8. The highest BCUT2D eigenvalue weighted by atomic mass is 31.2. The van der Waals surface area contributed by atoms with Crippen LogP contribution in [-0.4, -0.2) is 77.1 Å². The van der Waals surface area contributed by atoms with E-state index in [1.54, 1.807) is 31.2 Å². The van der Waals surface area contributed by atoms with Gasteiger partial charge in [0.25, 0.3) is 0 Å². The first kappa shape index (κ1) is 28.7. The molecule has 1 aromatic rings. The Hall–Kier alpha value is -3.31. The van der Waals surface area contributed by atoms with Gasteiger partial charge in [0.15, 0.2) is 0 Å². The Balaban J connectivity index is 1.54. The Morgan fingerprint density at radius 1 is 1.44 bits per heavy atom. The Bertz CT molecular complexity index is 1250. The van der Waals surface area contributed by atoms with Crippen LogP contribution in [0.5, 0.6) is 5.75 Å². The standard InChI is InChI=1S/C24H31N6O8P/c1-3-35-22(33)14(2)30-39(34,37-15-7-5-4-6-8-15)36-12-23(11-25)19(31)20(32)24(38-23)16-9-10-17(29-18(16)24)21(27)28-13-26/h4-8,10,13-14,16,18-20,29,31-32H,3,9,12H2,1-2H3,(H,30,34)(H3,26,27,28)/t14-,16?,18+,19-,20+,23+,24+,39?/m0/s1. The number of rotatable bonds is 11. The molecule has 2 fully saturated rings. The fourth-order valence-electron chi connectivity index (χ4n) is 4.94. The second kappa shape index (κ2) is 11.1. The first-order valence-electron chi connectivity index (χ1n) is 12.3. The van der Waals surface area contributed by atoms with Crippen molar-refractivity contribution in [3.8, 4) is 11.8 Å². The van der Waals surface area contributed by atoms with E-state index in [0.717, 1.165) is 6.34 Å². The first-order valence-corrected chi connectivity index (χ1v) is 13.8. The van der Waals surface area contributed by atoms with Gasteiger partial charge in [-0.3, -0.25) is 14.7 Å². The summed E-state index contributed by atoms with van der Waals surface area (Å²) in [4.78, 5) is 15.9. The lowest BCUT2D eigenvalue weighted by molar-refractivity contribution is -0.144. The Morgan fingerprint density at radius 2 is 2.15 bits per heavy atom. The molecule has 2 aliphatic heterocycles. The lowest BCUT2D eigenvalue weighted by atomic mass is 9.95. The number of para-hydroxylation sites is 1. The molecule has 2 heterocycles. The second-order valence-corrected chi connectivity index (χ2v) is 11.0. The van der Waals surface area contributed by atoms with E-state index in [0.29, 0.717) is 12.1 Å². The van der Waals surface area contributed by atoms with Crippen molar-refractivity contribution in [1.29, 1.82) is 10.7 Å². The number of benzene rings is 1. The van der Waals surface area contributed by atoms with Crippen molar-refractivity contribution in [3.63, 3.8) is 0 Å². The molecule has 39 heavy (non-hydrogen) atoms. The number of carbonyl (C=O) groups excluding carboxylic acids is 1. The molecular formula is C24H31N6O8P. The maximum atomic E-state index is 13.8. The molecule has 8 atom stereocenters. The maximum Gasteiger partial charge on any atom is 0.459 e. The number of aliphatic hydroxyl groups excluding tert-OH is 2. The second-order valence-electron chi connectivity index (χ2n) is 9.35. The Kier molecular flexibility index (Phi) is 8.13. The number of esters is 1. The summed E-state index contributed by atoms with van der Waals surface area (Å²) >= 11 is 0. The van der Waals surface area contributed by atoms with Crippen LogP contribution in [0.3, 0.4) is 0 Å². The summed E-state index contributed by atoms with van der Waals surface area (Å²) in [6, 6.07) is 8.27. The molecule has 4 rings (SSSR count). The van der Waals surface area contributed by atoms with Crippen LogP contribution in [-0.2, 0) is 23.4 Å². The summed E-state index contributed by atoms with van der Waals surface area (Å²) in [5.74, 6) is -0.806. The number of nitriles is 1. The van der Waals surface area contributed by atoms with Crippen LogP contribution in [0.2, 0.25) is 0 Å². The summed E-state index contributed by atoms with van der Waals surface area (Å²) < 4.78 is 36.0. The van der Waals surface area contributed by atoms with E-state index in [1.807, 2.05) is 6.07 Å². The Labute approximate surface area is 224 Å². The number of nitrogens with two attached hydrogens (primary N) is 1. The molecule has 15 heteroatoms. The molecule has 210 valence electrons. The minimum absolute atomic E-state index is 0.0641. The maximum absolute atomic E-state index is 13.8. The van der Waals surface area contributed by atoms with Gasteiger partial charge in [-0.05, 0) is 32.4 Å². The highest BCUT2D eigenvalue weighted by Crippen LogP contribution is 2.61. The van der Waals surface area contributed by atoms with Gasteiger partial charge in [-0.2, -0.15) is 10.3 Å². The fraction of sp³-hybridized carbons (Fsp3) is 0.500. The first-order chi connectivity index (χ1) is 18.6. The van der Waals surface area contributed by atoms with Crippen molar-refractivity contribution in [3.05, 3.63) is 42.1 Å². The third kappa shape index (κ3) is 5.29. The monoisotopic (exact) mass is 562 g/mol. The van der Waals surface area contributed by atoms with Gasteiger partial charge >= 0.3 is 13.7 Å². The molecule has 0 bridgehead atoms. The summed E-state index contributed by atoms with van der Waals surface area (Å²) in [7, 11) is -4.37. The average molecular weight is 563 g/mol. The van der Waals surface area contributed by atoms with E-state index in [2.05, 4.69) is 15.4 Å². The number of allylic oxidation sites excluding steroid dienone is 1. The molecule has 1 saturated heterocycles. The number of aliphatic imine (C=N–C) groups is 1. The third-order valence-electron chi connectivity index (χ3n) is 6.92. The topological polar surface area (TPSA) is 222 Å². The highest BCUT2D eigenvalue weighted by Gasteiger charge is 2.80. The number of amidine groups is 1. The van der Waals surface area contributed by atoms with Crippen LogP contribution < -0.4 is 20.7 Å². The normalized spacial score (nSPS) is 33.5. The van der Waals surface area contributed by atoms with E-state index in [1.165, 1.54) is 19.1 Å². The number of fused-ring (bicyclic) bond motifs is 3. The summed E-state index contributed by atoms with van der Waals surface area (Å²) in [6.07, 6.45) is -0.327. The van der Waals surface area contributed by atoms with E-state index < -0.39 is 55.8 Å². The van der Waals surface area contributed by atoms with Crippen LogP contribution in [0, 0.1) is 22.7 Å². The van der Waals surface area contributed by atoms with Crippen molar-refractivity contribution in [1.82, 2.24) is 10.4 Å². The molecule has 14 nitrogen and oxygen atoms in total. The third-order valence-corrected chi connectivity index (χ3v) is 8.55. The zero-order valence-corrected chi connectivity index (χ0v) is 22.2. The van der Waals surface area contributed by atoms with Gasteiger partial charge in [0, 0.05) is 5.92 Å². The molecule has 7 N–H and O–H groups in total. The zero-order chi connectivity index (χ0) is 28.4. The smallest absolute Gasteiger partial charge is 0.459 e. The van der Waals surface area contributed by atoms with Gasteiger partial charge in [-0.1, -0.05) is 24.3 Å². The van der Waals surface area contributed by atoms with Crippen molar-refractivity contribution < 1.29 is 38.1 Å². The van der Waals surface area contributed by atoms with E-state index in [-0.39, 0.29) is 24.1 Å². The number of hydrogen-bond acceptors (Lipinski definition) is 11. The summed E-state index contributed by atoms with van der Waals surface area (Å²) in [6.45, 7) is 2.35. The van der Waals surface area contributed by atoms with Crippen LogP contribution in [0.15, 0.2) is 47.1 Å². The minimum atomic E-state index is -4.37. The molecule has 1 aromatic carbocycles. The van der Waals surface area contributed by atoms with Gasteiger partial charge in [0.2, 0.25) is 5.60 Å². The quantitative estimate of drug-likeness (QED) is 0.0929. The molecule has 1 aliphatic carbocycles. The number of nitrogens with one attached hydrogen (secondary N) is 3. The minimum Gasteiger partial charge on any atom is -0.465 e. The number of ether oxygens (including phenoxy) is 2. The van der Waals surface area contributed by atoms with E-state index in [4.69, 9.17) is 29.7 Å². The number of aliphatic hydroxyl groups is 2. The van der Waals surface area contributed by atoms with Gasteiger partial charge in [-0.25, -0.2) is 9.56 Å². The lowest BCUT2D eigenvalue weighted by Crippen LogP contribution is -2.46. The molecule has 1 saturated carbocycles. The summed E-state index contributed by atoms with van der Waals surface area (Å²) in [5.41, 5.74) is 2.81. The number of nitrogens with zero attached hydrogens (tertiary/aromatic N) is 2. The molecule has 1 spiro atoms. The van der Waals surface area contributed by atoms with Crippen LogP contribution in [0.1, 0.15) is 20.3 Å². The molecule has 0 amide bonds.